The summed E-state index contributed by atoms with van der Waals surface area (Å²) < 4.78 is 55.4. The van der Waals surface area contributed by atoms with Crippen molar-refractivity contribution in [3.63, 3.8) is 0 Å². The Bertz CT molecular complexity index is 1420. The topological polar surface area (TPSA) is 91.8 Å². The number of anilines is 1. The van der Waals surface area contributed by atoms with Crippen LogP contribution in [0.15, 0.2) is 59.9 Å². The van der Waals surface area contributed by atoms with Gasteiger partial charge in [-0.25, -0.2) is 23.1 Å². The summed E-state index contributed by atoms with van der Waals surface area (Å²) in [6.45, 7) is 2.23. The molecule has 7 nitrogen and oxygen atoms in total. The number of nitrogens with one attached hydrogen (secondary N) is 2. The summed E-state index contributed by atoms with van der Waals surface area (Å²) in [5.74, 6) is -2.89. The number of fused-ring (bicyclic) bond motifs is 1. The van der Waals surface area contributed by atoms with Gasteiger partial charge in [0.1, 0.15) is 23.8 Å². The van der Waals surface area contributed by atoms with Crippen LogP contribution in [0.3, 0.4) is 0 Å². The van der Waals surface area contributed by atoms with E-state index in [0.29, 0.717) is 28.7 Å². The zero-order valence-corrected chi connectivity index (χ0v) is 18.6. The molecule has 0 fully saturated rings. The number of benzene rings is 2. The van der Waals surface area contributed by atoms with Gasteiger partial charge in [0, 0.05) is 46.8 Å². The number of aromatic nitrogens is 2. The highest BCUT2D eigenvalue weighted by molar-refractivity contribution is 5.98. The van der Waals surface area contributed by atoms with E-state index in [1.54, 1.807) is 24.4 Å². The number of nitrogens with zero attached hydrogens (tertiary/aromatic N) is 2. The number of hydrogen-bond donors (Lipinski definition) is 3. The molecule has 1 unspecified atom stereocenters. The van der Waals surface area contributed by atoms with E-state index in [-0.39, 0.29) is 30.7 Å². The van der Waals surface area contributed by atoms with E-state index in [2.05, 4.69) is 20.3 Å². The van der Waals surface area contributed by atoms with Gasteiger partial charge < -0.3 is 24.9 Å². The Morgan fingerprint density at radius 1 is 1.11 bits per heavy atom. The van der Waals surface area contributed by atoms with Crippen molar-refractivity contribution >= 4 is 22.7 Å². The van der Waals surface area contributed by atoms with E-state index in [1.165, 1.54) is 18.3 Å². The van der Waals surface area contributed by atoms with E-state index in [9.17, 15) is 18.3 Å². The molecule has 3 N–H and O–H groups in total. The molecule has 1 aliphatic heterocycles. The molecule has 3 heterocycles. The molecule has 4 aromatic rings. The maximum atomic E-state index is 14.9. The maximum absolute atomic E-state index is 14.9. The highest BCUT2D eigenvalue weighted by Gasteiger charge is 2.29. The molecule has 2 aromatic carbocycles. The molecule has 0 bridgehead atoms. The lowest BCUT2D eigenvalue weighted by molar-refractivity contribution is 0.0706. The predicted octanol–water partition coefficient (Wildman–Crippen LogP) is 5.24. The average molecular weight is 482 g/mol. The summed E-state index contributed by atoms with van der Waals surface area (Å²) in [5, 5.41) is 12.5. The molecular weight excluding hydrogens is 461 g/mol. The van der Waals surface area contributed by atoms with Crippen LogP contribution in [0.2, 0.25) is 0 Å². The number of halogens is 3. The first kappa shape index (κ1) is 22.7. The predicted molar refractivity (Wildman–Crippen MR) is 125 cm³/mol. The molecule has 0 saturated carbocycles. The van der Waals surface area contributed by atoms with Crippen molar-refractivity contribution < 1.29 is 27.8 Å². The SMILES string of the molecule is CC1(CO)CN=C(Nc2cc(F)c(Oc3ccnc4[nH]cc(-c5ccccc5F)c34)c(F)c2)OC1. The van der Waals surface area contributed by atoms with Crippen LogP contribution in [0.5, 0.6) is 11.5 Å². The minimum absolute atomic E-state index is 0.0762. The van der Waals surface area contributed by atoms with Gasteiger partial charge in [0.2, 0.25) is 0 Å². The minimum Gasteiger partial charge on any atom is -0.464 e. The number of pyridine rings is 1. The van der Waals surface area contributed by atoms with Crippen LogP contribution in [0, 0.1) is 22.9 Å². The molecule has 0 aliphatic carbocycles. The Morgan fingerprint density at radius 2 is 1.89 bits per heavy atom. The summed E-state index contributed by atoms with van der Waals surface area (Å²) in [7, 11) is 0. The fraction of sp³-hybridized carbons (Fsp3) is 0.200. The molecule has 0 saturated heterocycles. The quantitative estimate of drug-likeness (QED) is 0.362. The van der Waals surface area contributed by atoms with Crippen LogP contribution in [-0.4, -0.2) is 40.9 Å². The molecular formula is C25H21F3N4O3. The van der Waals surface area contributed by atoms with E-state index in [4.69, 9.17) is 9.47 Å². The second kappa shape index (κ2) is 8.95. The lowest BCUT2D eigenvalue weighted by atomic mass is 9.93. The van der Waals surface area contributed by atoms with Crippen molar-refractivity contribution in [2.45, 2.75) is 6.92 Å². The lowest BCUT2D eigenvalue weighted by Gasteiger charge is -2.30. The molecule has 35 heavy (non-hydrogen) atoms. The fourth-order valence-corrected chi connectivity index (χ4v) is 3.73. The molecule has 1 aliphatic rings. The van der Waals surface area contributed by atoms with E-state index < -0.39 is 28.6 Å². The number of rotatable bonds is 5. The number of amidine groups is 1. The zero-order chi connectivity index (χ0) is 24.6. The van der Waals surface area contributed by atoms with Crippen molar-refractivity contribution in [1.29, 1.82) is 0 Å². The second-order valence-electron chi connectivity index (χ2n) is 8.59. The summed E-state index contributed by atoms with van der Waals surface area (Å²) >= 11 is 0. The summed E-state index contributed by atoms with van der Waals surface area (Å²) in [6, 6.07) is 9.82. The zero-order valence-electron chi connectivity index (χ0n) is 18.6. The smallest absolute Gasteiger partial charge is 0.289 e. The van der Waals surface area contributed by atoms with Gasteiger partial charge in [-0.2, -0.15) is 0 Å². The minimum atomic E-state index is -0.961. The van der Waals surface area contributed by atoms with Gasteiger partial charge in [-0.05, 0) is 12.1 Å². The van der Waals surface area contributed by atoms with Gasteiger partial charge >= 0.3 is 0 Å². The summed E-state index contributed by atoms with van der Waals surface area (Å²) in [5.41, 5.74) is 0.689. The van der Waals surface area contributed by atoms with E-state index in [0.717, 1.165) is 12.1 Å². The third-order valence-corrected chi connectivity index (χ3v) is 5.70. The standard InChI is InChI=1S/C25H21F3N4O3/c1-25(12-33)11-31-24(34-13-25)32-14-8-18(27)22(19(28)9-14)35-20-6-7-29-23-21(20)16(10-30-23)15-4-2-3-5-17(15)26/h2-10,33H,11-13H2,1H3,(H,29,30)(H,31,32). The monoisotopic (exact) mass is 482 g/mol. The number of aliphatic hydroxyl groups is 1. The molecule has 10 heteroatoms. The molecule has 0 amide bonds. The molecule has 5 rings (SSSR count). The Kier molecular flexibility index (Phi) is 5.81. The van der Waals surface area contributed by atoms with Gasteiger partial charge in [0.05, 0.1) is 18.5 Å². The molecule has 0 spiro atoms. The van der Waals surface area contributed by atoms with Crippen molar-refractivity contribution in [2.75, 3.05) is 25.1 Å². The van der Waals surface area contributed by atoms with Gasteiger partial charge in [0.25, 0.3) is 6.02 Å². The van der Waals surface area contributed by atoms with Crippen molar-refractivity contribution in [3.8, 4) is 22.6 Å². The number of hydrogen-bond acceptors (Lipinski definition) is 6. The van der Waals surface area contributed by atoms with Gasteiger partial charge in [-0.1, -0.05) is 25.1 Å². The molecule has 0 radical (unpaired) electrons. The first-order valence-corrected chi connectivity index (χ1v) is 10.8. The first-order valence-electron chi connectivity index (χ1n) is 10.8. The third-order valence-electron chi connectivity index (χ3n) is 5.70. The number of H-pyrrole nitrogens is 1. The third kappa shape index (κ3) is 4.40. The van der Waals surface area contributed by atoms with Crippen molar-refractivity contribution in [1.82, 2.24) is 9.97 Å². The van der Waals surface area contributed by atoms with Crippen molar-refractivity contribution in [3.05, 3.63) is 72.3 Å². The van der Waals surface area contributed by atoms with Crippen LogP contribution in [0.25, 0.3) is 22.2 Å². The number of ether oxygens (including phenoxy) is 2. The maximum Gasteiger partial charge on any atom is 0.289 e. The van der Waals surface area contributed by atoms with E-state index >= 15 is 0 Å². The summed E-state index contributed by atoms with van der Waals surface area (Å²) in [6.07, 6.45) is 2.99. The highest BCUT2D eigenvalue weighted by atomic mass is 19.1. The van der Waals surface area contributed by atoms with Crippen molar-refractivity contribution in [2.24, 2.45) is 10.4 Å². The average Bonchev–Trinajstić information content (AvgIpc) is 3.28. The Labute approximate surface area is 198 Å². The molecule has 1 atom stereocenters. The van der Waals surface area contributed by atoms with Crippen LogP contribution < -0.4 is 10.1 Å². The Hall–Kier alpha value is -4.05. The van der Waals surface area contributed by atoms with Crippen LogP contribution >= 0.6 is 0 Å². The Morgan fingerprint density at radius 3 is 2.57 bits per heavy atom. The van der Waals surface area contributed by atoms with Gasteiger partial charge in [0.15, 0.2) is 17.4 Å². The lowest BCUT2D eigenvalue weighted by Crippen LogP contribution is -2.38. The normalized spacial score (nSPS) is 17.7. The second-order valence-corrected chi connectivity index (χ2v) is 8.59. The fourth-order valence-electron chi connectivity index (χ4n) is 3.73. The van der Waals surface area contributed by atoms with Crippen LogP contribution in [0.4, 0.5) is 18.9 Å². The first-order chi connectivity index (χ1) is 16.9. The summed E-state index contributed by atoms with van der Waals surface area (Å²) in [4.78, 5) is 11.3. The van der Waals surface area contributed by atoms with E-state index in [1.807, 2.05) is 6.92 Å². The number of aliphatic hydroxyl groups excluding tert-OH is 1. The largest absolute Gasteiger partial charge is 0.464 e. The molecule has 180 valence electrons. The number of aromatic amines is 1. The highest BCUT2D eigenvalue weighted by Crippen LogP contribution is 2.39. The Balaban J connectivity index is 1.45. The van der Waals surface area contributed by atoms with Gasteiger partial charge in [-0.3, -0.25) is 0 Å². The molecule has 2 aromatic heterocycles. The van der Waals surface area contributed by atoms with Gasteiger partial charge in [-0.15, -0.1) is 0 Å². The number of aliphatic imine (C=N–C) groups is 1. The van der Waals surface area contributed by atoms with Crippen LogP contribution in [-0.2, 0) is 4.74 Å². The van der Waals surface area contributed by atoms with Crippen LogP contribution in [0.1, 0.15) is 6.92 Å².